The normalized spacial score (nSPS) is 11.0. The molecule has 0 aromatic carbocycles. The van der Waals surface area contributed by atoms with Crippen molar-refractivity contribution < 1.29 is 4.74 Å². The van der Waals surface area contributed by atoms with Gasteiger partial charge in [0, 0.05) is 19.7 Å². The Balaban J connectivity index is 2.38. The highest BCUT2D eigenvalue weighted by molar-refractivity contribution is 9.10. The Morgan fingerprint density at radius 1 is 1.47 bits per heavy atom. The maximum atomic E-state index is 11.8. The van der Waals surface area contributed by atoms with E-state index in [2.05, 4.69) is 26.3 Å². The van der Waals surface area contributed by atoms with E-state index < -0.39 is 0 Å². The molecule has 1 aromatic rings. The van der Waals surface area contributed by atoms with Gasteiger partial charge >= 0.3 is 0 Å². The summed E-state index contributed by atoms with van der Waals surface area (Å²) in [5, 5.41) is 7.30. The molecule has 0 aliphatic heterocycles. The van der Waals surface area contributed by atoms with Crippen LogP contribution in [0.3, 0.4) is 0 Å². The van der Waals surface area contributed by atoms with Crippen LogP contribution in [-0.2, 0) is 11.3 Å². The minimum Gasteiger partial charge on any atom is -0.383 e. The van der Waals surface area contributed by atoms with Crippen LogP contribution < -0.4 is 10.9 Å². The Labute approximate surface area is 122 Å². The molecule has 0 atom stereocenters. The molecule has 1 rings (SSSR count). The van der Waals surface area contributed by atoms with Crippen molar-refractivity contribution in [2.75, 3.05) is 18.5 Å². The molecule has 1 N–H and O–H groups in total. The second kappa shape index (κ2) is 8.32. The van der Waals surface area contributed by atoms with E-state index in [9.17, 15) is 4.79 Å². The minimum atomic E-state index is -0.101. The molecule has 0 radical (unpaired) electrons. The Morgan fingerprint density at radius 3 is 2.84 bits per heavy atom. The van der Waals surface area contributed by atoms with Crippen LogP contribution in [0.15, 0.2) is 15.5 Å². The van der Waals surface area contributed by atoms with Gasteiger partial charge in [0.25, 0.3) is 5.56 Å². The van der Waals surface area contributed by atoms with Gasteiger partial charge in [-0.05, 0) is 49.5 Å². The molecule has 0 unspecified atom stereocenters. The third kappa shape index (κ3) is 5.32. The van der Waals surface area contributed by atoms with E-state index in [-0.39, 0.29) is 11.7 Å². The number of nitrogens with zero attached hydrogens (tertiary/aromatic N) is 2. The zero-order valence-electron chi connectivity index (χ0n) is 11.8. The first kappa shape index (κ1) is 16.2. The first-order valence-corrected chi connectivity index (χ1v) is 7.46. The molecular weight excluding hydrogens is 310 g/mol. The lowest BCUT2D eigenvalue weighted by Gasteiger charge is -2.10. The molecule has 5 nitrogen and oxygen atoms in total. The SMILES string of the molecule is CCn1ncc(NCCCCOC(C)C)c(Br)c1=O. The van der Waals surface area contributed by atoms with Crippen molar-refractivity contribution in [1.29, 1.82) is 0 Å². The number of hydrogen-bond donors (Lipinski definition) is 1. The number of hydrogen-bond acceptors (Lipinski definition) is 4. The third-order valence-corrected chi connectivity index (χ3v) is 3.39. The smallest absolute Gasteiger partial charge is 0.283 e. The van der Waals surface area contributed by atoms with E-state index in [0.29, 0.717) is 11.0 Å². The second-order valence-corrected chi connectivity index (χ2v) is 5.34. The van der Waals surface area contributed by atoms with Gasteiger partial charge in [-0.2, -0.15) is 5.10 Å². The highest BCUT2D eigenvalue weighted by Gasteiger charge is 2.06. The van der Waals surface area contributed by atoms with Crippen molar-refractivity contribution in [1.82, 2.24) is 9.78 Å². The van der Waals surface area contributed by atoms with Crippen LogP contribution in [0.2, 0.25) is 0 Å². The lowest BCUT2D eigenvalue weighted by molar-refractivity contribution is 0.0765. The summed E-state index contributed by atoms with van der Waals surface area (Å²) in [7, 11) is 0. The van der Waals surface area contributed by atoms with Crippen LogP contribution >= 0.6 is 15.9 Å². The van der Waals surface area contributed by atoms with Gasteiger partial charge in [-0.15, -0.1) is 0 Å². The summed E-state index contributed by atoms with van der Waals surface area (Å²) < 4.78 is 7.43. The molecule has 0 fully saturated rings. The fourth-order valence-electron chi connectivity index (χ4n) is 1.58. The summed E-state index contributed by atoms with van der Waals surface area (Å²) in [5.41, 5.74) is 0.648. The topological polar surface area (TPSA) is 56.1 Å². The van der Waals surface area contributed by atoms with Gasteiger partial charge in [0.2, 0.25) is 0 Å². The van der Waals surface area contributed by atoms with E-state index in [1.54, 1.807) is 6.20 Å². The standard InChI is InChI=1S/C13H22BrN3O2/c1-4-17-13(18)12(14)11(9-16-17)15-7-5-6-8-19-10(2)3/h9-10,15H,4-8H2,1-3H3. The van der Waals surface area contributed by atoms with E-state index in [0.717, 1.165) is 31.7 Å². The molecule has 19 heavy (non-hydrogen) atoms. The first-order chi connectivity index (χ1) is 9.06. The van der Waals surface area contributed by atoms with E-state index in [1.807, 2.05) is 20.8 Å². The van der Waals surface area contributed by atoms with Crippen LogP contribution in [-0.4, -0.2) is 29.0 Å². The second-order valence-electron chi connectivity index (χ2n) is 4.55. The summed E-state index contributed by atoms with van der Waals surface area (Å²) >= 11 is 3.31. The lowest BCUT2D eigenvalue weighted by atomic mass is 10.3. The van der Waals surface area contributed by atoms with E-state index in [4.69, 9.17) is 4.74 Å². The largest absolute Gasteiger partial charge is 0.383 e. The fourth-order valence-corrected chi connectivity index (χ4v) is 2.03. The number of rotatable bonds is 8. The summed E-state index contributed by atoms with van der Waals surface area (Å²) in [6.45, 7) is 8.11. The minimum absolute atomic E-state index is 0.101. The Bertz CT molecular complexity index is 446. The lowest BCUT2D eigenvalue weighted by Crippen LogP contribution is -2.23. The third-order valence-electron chi connectivity index (χ3n) is 2.62. The number of aryl methyl sites for hydroxylation is 1. The number of anilines is 1. The van der Waals surface area contributed by atoms with Crippen molar-refractivity contribution in [2.24, 2.45) is 0 Å². The molecule has 0 bridgehead atoms. The molecule has 0 amide bonds. The van der Waals surface area contributed by atoms with Gasteiger partial charge in [0.1, 0.15) is 4.47 Å². The van der Waals surface area contributed by atoms with Gasteiger partial charge in [-0.25, -0.2) is 4.68 Å². The maximum absolute atomic E-state index is 11.8. The summed E-state index contributed by atoms with van der Waals surface area (Å²) in [5.74, 6) is 0. The Hall–Kier alpha value is -0.880. The van der Waals surface area contributed by atoms with Crippen molar-refractivity contribution in [3.05, 3.63) is 21.0 Å². The first-order valence-electron chi connectivity index (χ1n) is 6.67. The van der Waals surface area contributed by atoms with Crippen LogP contribution in [0.1, 0.15) is 33.6 Å². The quantitative estimate of drug-likeness (QED) is 0.744. The Kier molecular flexibility index (Phi) is 7.09. The fraction of sp³-hybridized carbons (Fsp3) is 0.692. The number of nitrogens with one attached hydrogen (secondary N) is 1. The van der Waals surface area contributed by atoms with Crippen LogP contribution in [0.5, 0.6) is 0 Å². The average Bonchev–Trinajstić information content (AvgIpc) is 2.38. The van der Waals surface area contributed by atoms with Gasteiger partial charge in [-0.1, -0.05) is 0 Å². The van der Waals surface area contributed by atoms with Crippen LogP contribution in [0.4, 0.5) is 5.69 Å². The molecule has 0 saturated heterocycles. The molecule has 1 heterocycles. The summed E-state index contributed by atoms with van der Waals surface area (Å²) in [4.78, 5) is 11.8. The van der Waals surface area contributed by atoms with Crippen molar-refractivity contribution >= 4 is 21.6 Å². The molecule has 6 heteroatoms. The zero-order chi connectivity index (χ0) is 14.3. The van der Waals surface area contributed by atoms with Gasteiger partial charge in [0.15, 0.2) is 0 Å². The Morgan fingerprint density at radius 2 is 2.21 bits per heavy atom. The van der Waals surface area contributed by atoms with Crippen molar-refractivity contribution in [2.45, 2.75) is 46.3 Å². The van der Waals surface area contributed by atoms with E-state index >= 15 is 0 Å². The van der Waals surface area contributed by atoms with Crippen LogP contribution in [0.25, 0.3) is 0 Å². The zero-order valence-corrected chi connectivity index (χ0v) is 13.4. The van der Waals surface area contributed by atoms with Gasteiger partial charge < -0.3 is 10.1 Å². The number of unbranched alkanes of at least 4 members (excludes halogenated alkanes) is 1. The van der Waals surface area contributed by atoms with Crippen molar-refractivity contribution in [3.63, 3.8) is 0 Å². The number of aromatic nitrogens is 2. The number of ether oxygens (including phenoxy) is 1. The molecule has 1 aromatic heterocycles. The molecule has 108 valence electrons. The van der Waals surface area contributed by atoms with Crippen LogP contribution in [0, 0.1) is 0 Å². The number of halogens is 1. The monoisotopic (exact) mass is 331 g/mol. The summed E-state index contributed by atoms with van der Waals surface area (Å²) in [6, 6.07) is 0. The average molecular weight is 332 g/mol. The van der Waals surface area contributed by atoms with Crippen molar-refractivity contribution in [3.8, 4) is 0 Å². The predicted octanol–water partition coefficient (Wildman–Crippen LogP) is 2.64. The van der Waals surface area contributed by atoms with Gasteiger partial charge in [-0.3, -0.25) is 4.79 Å². The van der Waals surface area contributed by atoms with E-state index in [1.165, 1.54) is 4.68 Å². The molecule has 0 saturated carbocycles. The highest BCUT2D eigenvalue weighted by atomic mass is 79.9. The summed E-state index contributed by atoms with van der Waals surface area (Å²) in [6.07, 6.45) is 3.96. The molecule has 0 aliphatic carbocycles. The molecule has 0 spiro atoms. The van der Waals surface area contributed by atoms with Gasteiger partial charge in [0.05, 0.1) is 18.0 Å². The molecular formula is C13H22BrN3O2. The predicted molar refractivity (Wildman–Crippen MR) is 80.7 cm³/mol. The molecule has 0 aliphatic rings. The highest BCUT2D eigenvalue weighted by Crippen LogP contribution is 2.15. The maximum Gasteiger partial charge on any atom is 0.283 e.